The summed E-state index contributed by atoms with van der Waals surface area (Å²) in [7, 11) is -4.32. The Hall–Kier alpha value is -2.27. The van der Waals surface area contributed by atoms with Crippen LogP contribution in [0, 0.1) is 0 Å². The van der Waals surface area contributed by atoms with Crippen molar-refractivity contribution >= 4 is 36.5 Å². The van der Waals surface area contributed by atoms with E-state index < -0.39 is 51.6 Å². The molecule has 18 heteroatoms. The number of alkyl halides is 3. The lowest BCUT2D eigenvalue weighted by Crippen LogP contribution is -2.33. The van der Waals surface area contributed by atoms with Crippen molar-refractivity contribution in [3.05, 3.63) is 25.0 Å². The number of aliphatic hydroxyl groups is 2. The summed E-state index contributed by atoms with van der Waals surface area (Å²) in [6, 6.07) is 0. The van der Waals surface area contributed by atoms with Gasteiger partial charge in [0.05, 0.1) is 12.9 Å². The van der Waals surface area contributed by atoms with Gasteiger partial charge in [-0.05, 0) is 6.42 Å². The Morgan fingerprint density at radius 1 is 1.28 bits per heavy atom. The van der Waals surface area contributed by atoms with E-state index in [-0.39, 0.29) is 22.1 Å². The minimum absolute atomic E-state index is 0.00468. The van der Waals surface area contributed by atoms with Crippen molar-refractivity contribution in [2.75, 3.05) is 24.2 Å². The summed E-state index contributed by atoms with van der Waals surface area (Å²) in [4.78, 5) is 26.3. The first-order valence-corrected chi connectivity index (χ1v) is 13.2. The van der Waals surface area contributed by atoms with Crippen LogP contribution in [0.4, 0.5) is 19.0 Å². The zero-order valence-electron chi connectivity index (χ0n) is 18.7. The molecule has 36 heavy (non-hydrogen) atoms. The third kappa shape index (κ3) is 5.82. The van der Waals surface area contributed by atoms with Gasteiger partial charge in [-0.2, -0.15) is 13.2 Å². The van der Waals surface area contributed by atoms with Crippen LogP contribution in [0.3, 0.4) is 0 Å². The molecule has 1 aliphatic heterocycles. The number of halogens is 3. The third-order valence-corrected chi connectivity index (χ3v) is 7.45. The van der Waals surface area contributed by atoms with Crippen molar-refractivity contribution in [2.24, 2.45) is 0 Å². The smallest absolute Gasteiger partial charge is 0.387 e. The lowest BCUT2D eigenvalue weighted by atomic mass is 10.1. The molecule has 0 aliphatic carbocycles. The third-order valence-electron chi connectivity index (χ3n) is 5.09. The molecule has 3 aromatic heterocycles. The molecule has 0 amide bonds. The van der Waals surface area contributed by atoms with E-state index in [0.29, 0.717) is 5.75 Å². The molecule has 4 N–H and O–H groups in total. The van der Waals surface area contributed by atoms with Crippen LogP contribution < -0.4 is 5.32 Å². The van der Waals surface area contributed by atoms with Gasteiger partial charge in [-0.15, -0.1) is 0 Å². The van der Waals surface area contributed by atoms with E-state index >= 15 is 0 Å². The van der Waals surface area contributed by atoms with Gasteiger partial charge >= 0.3 is 13.9 Å². The number of nitrogens with one attached hydrogen (secondary N) is 1. The molecule has 1 aliphatic rings. The quantitative estimate of drug-likeness (QED) is 0.163. The van der Waals surface area contributed by atoms with Gasteiger partial charge in [-0.3, -0.25) is 9.09 Å². The Morgan fingerprint density at radius 3 is 2.72 bits per heavy atom. The highest BCUT2D eigenvalue weighted by Crippen LogP contribution is 2.44. The second-order valence-corrected chi connectivity index (χ2v) is 10.5. The average Bonchev–Trinajstić information content (AvgIpc) is 3.56. The zero-order chi connectivity index (χ0) is 26.1. The van der Waals surface area contributed by atoms with Crippen molar-refractivity contribution in [1.29, 1.82) is 0 Å². The minimum atomic E-state index is -4.50. The van der Waals surface area contributed by atoms with Gasteiger partial charge in [0.25, 0.3) is 0 Å². The van der Waals surface area contributed by atoms with Crippen LogP contribution in [0.1, 0.15) is 19.6 Å². The maximum Gasteiger partial charge on any atom is 0.437 e. The molecule has 1 fully saturated rings. The minimum Gasteiger partial charge on any atom is -0.387 e. The van der Waals surface area contributed by atoms with Gasteiger partial charge in [0.1, 0.15) is 31.2 Å². The molecule has 0 aromatic carbocycles. The van der Waals surface area contributed by atoms with E-state index in [4.69, 9.17) is 9.26 Å². The average molecular weight is 553 g/mol. The summed E-state index contributed by atoms with van der Waals surface area (Å²) in [5.74, 6) is 0.459. The number of fused-ring (bicyclic) bond motifs is 1. The van der Waals surface area contributed by atoms with Crippen molar-refractivity contribution in [3.8, 4) is 0 Å². The number of hydrogen-bond acceptors (Lipinski definition) is 11. The molecule has 1 saturated heterocycles. The molecule has 1 unspecified atom stereocenters. The fourth-order valence-electron chi connectivity index (χ4n) is 3.38. The molecular weight excluding hydrogens is 530 g/mol. The number of ether oxygens (including phenoxy) is 1. The molecule has 3 aromatic rings. The molecular formula is C18H23F3N7O6PS. The zero-order valence-corrected chi connectivity index (χ0v) is 20.4. The van der Waals surface area contributed by atoms with E-state index in [0.717, 1.165) is 17.1 Å². The topological polar surface area (TPSA) is 170 Å². The number of rotatable bonds is 10. The first-order chi connectivity index (χ1) is 17.0. The Kier molecular flexibility index (Phi) is 7.89. The first kappa shape index (κ1) is 26.8. The number of aliphatic hydroxyl groups excluding tert-OH is 2. The lowest BCUT2D eigenvalue weighted by molar-refractivity contribution is -0.115. The van der Waals surface area contributed by atoms with E-state index in [2.05, 4.69) is 25.3 Å². The largest absolute Gasteiger partial charge is 0.437 e. The Labute approximate surface area is 206 Å². The van der Waals surface area contributed by atoms with Crippen LogP contribution in [-0.2, 0) is 13.8 Å². The number of nitrogens with zero attached hydrogens (tertiary/aromatic N) is 6. The predicted molar refractivity (Wildman–Crippen MR) is 120 cm³/mol. The van der Waals surface area contributed by atoms with Crippen LogP contribution in [-0.4, -0.2) is 87.3 Å². The summed E-state index contributed by atoms with van der Waals surface area (Å²) in [6.45, 7) is 0.0178. The molecule has 0 bridgehead atoms. The Morgan fingerprint density at radius 2 is 2.06 bits per heavy atom. The Balaban J connectivity index is 1.58. The van der Waals surface area contributed by atoms with Crippen molar-refractivity contribution in [3.63, 3.8) is 0 Å². The van der Waals surface area contributed by atoms with Crippen LogP contribution >= 0.6 is 19.5 Å². The van der Waals surface area contributed by atoms with Gasteiger partial charge in [0.2, 0.25) is 0 Å². The molecule has 4 heterocycles. The van der Waals surface area contributed by atoms with Gasteiger partial charge in [-0.25, -0.2) is 28.8 Å². The molecule has 0 spiro atoms. The van der Waals surface area contributed by atoms with Crippen LogP contribution in [0.25, 0.3) is 11.2 Å². The maximum atomic E-state index is 12.8. The monoisotopic (exact) mass is 553 g/mol. The summed E-state index contributed by atoms with van der Waals surface area (Å²) in [5, 5.41) is 23.5. The highest BCUT2D eigenvalue weighted by atomic mass is 32.2. The van der Waals surface area contributed by atoms with Crippen molar-refractivity contribution in [2.45, 2.75) is 49.2 Å². The highest BCUT2D eigenvalue weighted by Gasteiger charge is 2.45. The second-order valence-electron chi connectivity index (χ2n) is 7.77. The SMILES string of the molecule is CCCSc1nc(NCC(F)(F)F)c2ncn([C@@H]3O[C@H](COP(=O)(O)n4ccnc4)[C@@H](O)[C@H]3O)c2n1. The standard InChI is InChI=1S/C18H23F3N7O6PS/c1-2-5-36-17-25-14(23-7-18(19,20)21)11-15(26-17)28(9-24-11)16-13(30)12(29)10(34-16)6-33-35(31,32)27-4-3-22-8-27/h3-4,8-10,12-13,16,29-30H,2,5-7H2,1H3,(H,31,32)(H,23,25,26)/t10-,12-,13-,16-/m1/s1. The van der Waals surface area contributed by atoms with Crippen molar-refractivity contribution in [1.82, 2.24) is 28.8 Å². The molecule has 198 valence electrons. The fraction of sp³-hybridized carbons (Fsp3) is 0.556. The van der Waals surface area contributed by atoms with E-state index in [1.54, 1.807) is 0 Å². The van der Waals surface area contributed by atoms with E-state index in [1.807, 2.05) is 6.92 Å². The van der Waals surface area contributed by atoms with Crippen LogP contribution in [0.15, 0.2) is 30.2 Å². The van der Waals surface area contributed by atoms with E-state index in [9.17, 15) is 32.8 Å². The number of thioether (sulfide) groups is 1. The van der Waals surface area contributed by atoms with Crippen LogP contribution in [0.2, 0.25) is 0 Å². The van der Waals surface area contributed by atoms with Gasteiger partial charge in [0.15, 0.2) is 28.4 Å². The number of anilines is 1. The molecule has 0 saturated carbocycles. The predicted octanol–water partition coefficient (Wildman–Crippen LogP) is 1.78. The number of hydrogen-bond donors (Lipinski definition) is 4. The van der Waals surface area contributed by atoms with Crippen LogP contribution in [0.5, 0.6) is 0 Å². The maximum absolute atomic E-state index is 12.8. The lowest BCUT2D eigenvalue weighted by Gasteiger charge is -2.18. The second kappa shape index (κ2) is 10.6. The summed E-state index contributed by atoms with van der Waals surface area (Å²) in [6.07, 6.45) is -4.48. The molecule has 5 atom stereocenters. The summed E-state index contributed by atoms with van der Waals surface area (Å²) >= 11 is 1.23. The number of aromatic nitrogens is 6. The fourth-order valence-corrected chi connectivity index (χ4v) is 4.97. The normalized spacial score (nSPS) is 24.3. The van der Waals surface area contributed by atoms with Gasteiger partial charge in [-0.1, -0.05) is 18.7 Å². The van der Waals surface area contributed by atoms with E-state index in [1.165, 1.54) is 35.0 Å². The number of imidazole rings is 2. The molecule has 13 nitrogen and oxygen atoms in total. The van der Waals surface area contributed by atoms with Gasteiger partial charge in [0, 0.05) is 18.1 Å². The molecule has 0 radical (unpaired) electrons. The summed E-state index contributed by atoms with van der Waals surface area (Å²) < 4.78 is 63.6. The first-order valence-electron chi connectivity index (χ1n) is 10.7. The summed E-state index contributed by atoms with van der Waals surface area (Å²) in [5.41, 5.74) is 0.0717. The van der Waals surface area contributed by atoms with Crippen molar-refractivity contribution < 1.29 is 42.1 Å². The highest BCUT2D eigenvalue weighted by molar-refractivity contribution is 7.99. The molecule has 4 rings (SSSR count). The van der Waals surface area contributed by atoms with Gasteiger partial charge < -0.3 is 25.2 Å². The Bertz CT molecular complexity index is 1230.